The van der Waals surface area contributed by atoms with Crippen LogP contribution in [0.1, 0.15) is 28.1 Å². The first-order valence-electron chi connectivity index (χ1n) is 23.7. The van der Waals surface area contributed by atoms with Gasteiger partial charge in [0, 0.05) is 28.3 Å². The molecule has 14 rings (SSSR count). The maximum Gasteiger partial charge on any atom is 0.164 e. The van der Waals surface area contributed by atoms with Gasteiger partial charge in [0.1, 0.15) is 17.0 Å². The van der Waals surface area contributed by atoms with Crippen LogP contribution in [0.15, 0.2) is 223 Å². The average molecular weight is 880 g/mol. The van der Waals surface area contributed by atoms with Gasteiger partial charge in [-0.05, 0) is 136 Å². The molecule has 0 unspecified atom stereocenters. The summed E-state index contributed by atoms with van der Waals surface area (Å²) in [4.78, 5) is 16.2. The number of hydrogen-bond donors (Lipinski definition) is 0. The van der Waals surface area contributed by atoms with Crippen molar-refractivity contribution in [2.45, 2.75) is 12.8 Å². The maximum absolute atomic E-state index is 6.79. The van der Waals surface area contributed by atoms with Gasteiger partial charge in [-0.3, -0.25) is 0 Å². The van der Waals surface area contributed by atoms with Crippen LogP contribution < -0.4 is 0 Å². The summed E-state index contributed by atoms with van der Waals surface area (Å²) in [6, 6.07) is 78.2. The van der Waals surface area contributed by atoms with E-state index in [1.54, 1.807) is 0 Å². The van der Waals surface area contributed by atoms with Crippen molar-refractivity contribution in [1.29, 1.82) is 0 Å². The van der Waals surface area contributed by atoms with Crippen LogP contribution in [0, 0.1) is 0 Å². The van der Waals surface area contributed by atoms with E-state index in [0.717, 1.165) is 66.9 Å². The first-order chi connectivity index (χ1) is 34.1. The number of benzene rings is 11. The van der Waals surface area contributed by atoms with Gasteiger partial charge in [-0.15, -0.1) is 0 Å². The number of hydrogen-bond acceptors (Lipinski definition) is 4. The summed E-state index contributed by atoms with van der Waals surface area (Å²) in [7, 11) is 0. The Bertz CT molecular complexity index is 4240. The predicted octanol–water partition coefficient (Wildman–Crippen LogP) is 16.7. The van der Waals surface area contributed by atoms with Crippen molar-refractivity contribution in [3.63, 3.8) is 0 Å². The lowest BCUT2D eigenvalue weighted by molar-refractivity contribution is 0.669. The molecule has 1 aliphatic carbocycles. The third-order valence-corrected chi connectivity index (χ3v) is 14.2. The summed E-state index contributed by atoms with van der Waals surface area (Å²) in [5, 5.41) is 11.7. The van der Waals surface area contributed by atoms with Crippen molar-refractivity contribution in [3.8, 4) is 45.0 Å². The molecule has 0 N–H and O–H groups in total. The summed E-state index contributed by atoms with van der Waals surface area (Å²) < 4.78 is 6.79. The monoisotopic (exact) mass is 879 g/mol. The second kappa shape index (κ2) is 15.8. The highest BCUT2D eigenvalue weighted by Gasteiger charge is 2.24. The average Bonchev–Trinajstić information content (AvgIpc) is 3.77. The summed E-state index contributed by atoms with van der Waals surface area (Å²) in [6.07, 6.45) is 3.68. The fourth-order valence-electron chi connectivity index (χ4n) is 10.8. The topological polar surface area (TPSA) is 51.8 Å². The van der Waals surface area contributed by atoms with Gasteiger partial charge in [0.25, 0.3) is 0 Å². The van der Waals surface area contributed by atoms with Crippen molar-refractivity contribution in [2.75, 3.05) is 0 Å². The molecule has 13 aromatic rings. The first kappa shape index (κ1) is 39.2. The number of furan rings is 1. The fraction of sp³-hybridized carbons (Fsp3) is 0.0308. The molecule has 2 aromatic heterocycles. The molecule has 1 aliphatic rings. The zero-order valence-corrected chi connectivity index (χ0v) is 37.5. The number of nitrogens with zero attached hydrogens (tertiary/aromatic N) is 3. The SMILES string of the molecule is C(=C1\Cc2cc3ccccc3cc2-c2ccccc21)/c1c(-c2nc(Cc3cc4ccccc4c4ccccc34)nc(-c3ccc(-c4ccccc4)cc3)n2)ccc2oc3cc4ccccc4cc3c12. The molecule has 0 saturated heterocycles. The minimum atomic E-state index is 0.521. The van der Waals surface area contributed by atoms with Crippen LogP contribution in [0.4, 0.5) is 0 Å². The quantitative estimate of drug-likeness (QED) is 0.156. The molecule has 0 atom stereocenters. The molecule has 0 radical (unpaired) electrons. The van der Waals surface area contributed by atoms with Crippen molar-refractivity contribution in [3.05, 3.63) is 246 Å². The zero-order valence-electron chi connectivity index (χ0n) is 37.5. The molecule has 322 valence electrons. The normalized spacial score (nSPS) is 13.0. The molecule has 4 nitrogen and oxygen atoms in total. The predicted molar refractivity (Wildman–Crippen MR) is 286 cm³/mol. The summed E-state index contributed by atoms with van der Waals surface area (Å²) in [6.45, 7) is 0. The molecule has 4 heteroatoms. The van der Waals surface area contributed by atoms with E-state index in [0.29, 0.717) is 23.9 Å². The van der Waals surface area contributed by atoms with Gasteiger partial charge >= 0.3 is 0 Å². The smallest absolute Gasteiger partial charge is 0.164 e. The van der Waals surface area contributed by atoms with E-state index >= 15 is 0 Å². The van der Waals surface area contributed by atoms with Crippen LogP contribution in [0.5, 0.6) is 0 Å². The van der Waals surface area contributed by atoms with E-state index in [4.69, 9.17) is 19.4 Å². The lowest BCUT2D eigenvalue weighted by Gasteiger charge is -2.24. The highest BCUT2D eigenvalue weighted by molar-refractivity contribution is 6.16. The van der Waals surface area contributed by atoms with E-state index in [1.165, 1.54) is 65.7 Å². The molecule has 0 bridgehead atoms. The van der Waals surface area contributed by atoms with Crippen LogP contribution in [0.2, 0.25) is 0 Å². The van der Waals surface area contributed by atoms with E-state index < -0.39 is 0 Å². The molecule has 11 aromatic carbocycles. The van der Waals surface area contributed by atoms with Crippen LogP contribution in [-0.2, 0) is 12.8 Å². The van der Waals surface area contributed by atoms with Gasteiger partial charge in [0.15, 0.2) is 11.6 Å². The van der Waals surface area contributed by atoms with Gasteiger partial charge < -0.3 is 4.42 Å². The Labute approximate surface area is 398 Å². The van der Waals surface area contributed by atoms with Crippen LogP contribution in [-0.4, -0.2) is 15.0 Å². The van der Waals surface area contributed by atoms with Gasteiger partial charge in [-0.1, -0.05) is 188 Å². The maximum atomic E-state index is 6.79. The highest BCUT2D eigenvalue weighted by atomic mass is 16.3. The van der Waals surface area contributed by atoms with Crippen LogP contribution >= 0.6 is 0 Å². The minimum absolute atomic E-state index is 0.521. The Hall–Kier alpha value is -8.99. The van der Waals surface area contributed by atoms with Gasteiger partial charge in [0.05, 0.1) is 0 Å². The minimum Gasteiger partial charge on any atom is -0.456 e. The number of rotatable bonds is 6. The van der Waals surface area contributed by atoms with E-state index in [-0.39, 0.29) is 0 Å². The number of fused-ring (bicyclic) bond motifs is 11. The molecule has 0 aliphatic heterocycles. The Kier molecular flexibility index (Phi) is 8.99. The Morgan fingerprint density at radius 2 is 1.00 bits per heavy atom. The van der Waals surface area contributed by atoms with Crippen molar-refractivity contribution in [2.24, 2.45) is 0 Å². The van der Waals surface area contributed by atoms with Crippen molar-refractivity contribution < 1.29 is 4.42 Å². The molecule has 69 heavy (non-hydrogen) atoms. The molecule has 0 saturated carbocycles. The van der Waals surface area contributed by atoms with Gasteiger partial charge in [-0.2, -0.15) is 0 Å². The second-order valence-corrected chi connectivity index (χ2v) is 18.3. The second-order valence-electron chi connectivity index (χ2n) is 18.3. The van der Waals surface area contributed by atoms with E-state index in [2.05, 4.69) is 218 Å². The highest BCUT2D eigenvalue weighted by Crippen LogP contribution is 2.45. The molecular weight excluding hydrogens is 839 g/mol. The lowest BCUT2D eigenvalue weighted by atomic mass is 9.80. The fourth-order valence-corrected chi connectivity index (χ4v) is 10.8. The third-order valence-electron chi connectivity index (χ3n) is 14.2. The molecule has 0 fully saturated rings. The Morgan fingerprint density at radius 3 is 1.80 bits per heavy atom. The van der Waals surface area contributed by atoms with E-state index in [9.17, 15) is 0 Å². The van der Waals surface area contributed by atoms with Gasteiger partial charge in [0.2, 0.25) is 0 Å². The lowest BCUT2D eigenvalue weighted by Crippen LogP contribution is -2.06. The Balaban J connectivity index is 1.02. The summed E-state index contributed by atoms with van der Waals surface area (Å²) in [5.41, 5.74) is 14.3. The molecule has 2 heterocycles. The van der Waals surface area contributed by atoms with Crippen LogP contribution in [0.3, 0.4) is 0 Å². The molecular formula is C65H41N3O. The Morgan fingerprint density at radius 1 is 0.391 bits per heavy atom. The standard InChI is InChI=1S/C65H41N3O/c1-2-14-40(15-3-1)41-26-28-42(29-27-41)64-66-62(39-50-33-47-20-8-9-21-51(47)54-24-12-10-23-53(50)54)67-65(68-64)56-30-31-60-63(59-36-45-18-6-7-19-46(45)38-61(59)69-60)58(56)37-49-34-48-32-43-16-4-5-17-44(43)35-57(48)55-25-13-11-22-52(49)55/h1-33,35-38H,34,39H2/b49-37-. The number of aromatic nitrogens is 3. The molecule has 0 spiro atoms. The van der Waals surface area contributed by atoms with E-state index in [1.807, 2.05) is 6.07 Å². The van der Waals surface area contributed by atoms with Gasteiger partial charge in [-0.25, -0.2) is 15.0 Å². The third kappa shape index (κ3) is 6.71. The largest absolute Gasteiger partial charge is 0.456 e. The van der Waals surface area contributed by atoms with Crippen molar-refractivity contribution in [1.82, 2.24) is 15.0 Å². The molecule has 0 amide bonds. The van der Waals surface area contributed by atoms with Crippen LogP contribution in [0.25, 0.3) is 122 Å². The number of allylic oxidation sites excluding steroid dienone is 1. The van der Waals surface area contributed by atoms with Crippen molar-refractivity contribution >= 4 is 76.7 Å². The first-order valence-corrected chi connectivity index (χ1v) is 23.7. The summed E-state index contributed by atoms with van der Waals surface area (Å²) >= 11 is 0. The summed E-state index contributed by atoms with van der Waals surface area (Å²) in [5.74, 6) is 1.95. The zero-order chi connectivity index (χ0) is 45.4.